The van der Waals surface area contributed by atoms with Crippen molar-refractivity contribution in [2.24, 2.45) is 11.3 Å². The van der Waals surface area contributed by atoms with E-state index in [9.17, 15) is 5.11 Å². The number of aliphatic hydroxyl groups is 1. The average molecular weight is 255 g/mol. The fourth-order valence-electron chi connectivity index (χ4n) is 3.35. The molecule has 108 valence electrons. The molecule has 0 saturated heterocycles. The first-order chi connectivity index (χ1) is 8.46. The smallest absolute Gasteiger partial charge is 0.0746 e. The van der Waals surface area contributed by atoms with E-state index < -0.39 is 0 Å². The average Bonchev–Trinajstić information content (AvgIpc) is 2.35. The molecule has 1 rings (SSSR count). The summed E-state index contributed by atoms with van der Waals surface area (Å²) in [6.45, 7) is 13.4. The van der Waals surface area contributed by atoms with Crippen LogP contribution in [0.1, 0.15) is 66.7 Å². The van der Waals surface area contributed by atoms with Crippen LogP contribution in [0.2, 0.25) is 0 Å². The monoisotopic (exact) mass is 255 g/mol. The summed E-state index contributed by atoms with van der Waals surface area (Å²) in [5, 5.41) is 10.6. The van der Waals surface area contributed by atoms with E-state index in [0.29, 0.717) is 6.04 Å². The molecule has 1 aliphatic rings. The van der Waals surface area contributed by atoms with Gasteiger partial charge in [0.15, 0.2) is 0 Å². The van der Waals surface area contributed by atoms with Gasteiger partial charge in [-0.2, -0.15) is 0 Å². The quantitative estimate of drug-likeness (QED) is 0.782. The zero-order valence-electron chi connectivity index (χ0n) is 13.1. The Morgan fingerprint density at radius 1 is 1.22 bits per heavy atom. The maximum Gasteiger partial charge on any atom is 0.0746 e. The molecule has 0 aromatic rings. The Morgan fingerprint density at radius 2 is 1.83 bits per heavy atom. The van der Waals surface area contributed by atoms with Crippen LogP contribution >= 0.6 is 0 Å². The topological polar surface area (TPSA) is 23.5 Å². The van der Waals surface area contributed by atoms with Gasteiger partial charge < -0.3 is 5.11 Å². The van der Waals surface area contributed by atoms with Crippen LogP contribution in [0.3, 0.4) is 0 Å². The van der Waals surface area contributed by atoms with Crippen LogP contribution in [0.25, 0.3) is 0 Å². The fraction of sp³-hybridized carbons (Fsp3) is 1.00. The lowest BCUT2D eigenvalue weighted by Crippen LogP contribution is -2.53. The highest BCUT2D eigenvalue weighted by molar-refractivity contribution is 4.93. The molecule has 1 N–H and O–H groups in total. The Hall–Kier alpha value is -0.0800. The summed E-state index contributed by atoms with van der Waals surface area (Å²) in [4.78, 5) is 2.53. The summed E-state index contributed by atoms with van der Waals surface area (Å²) in [6.07, 6.45) is 5.92. The first-order valence-electron chi connectivity index (χ1n) is 7.88. The first-order valence-corrected chi connectivity index (χ1v) is 7.88. The van der Waals surface area contributed by atoms with Crippen molar-refractivity contribution in [1.29, 1.82) is 0 Å². The molecule has 0 aromatic carbocycles. The van der Waals surface area contributed by atoms with Crippen molar-refractivity contribution < 1.29 is 5.11 Å². The molecule has 0 radical (unpaired) electrons. The highest BCUT2D eigenvalue weighted by Gasteiger charge is 2.40. The van der Waals surface area contributed by atoms with Crippen molar-refractivity contribution in [3.63, 3.8) is 0 Å². The van der Waals surface area contributed by atoms with Crippen molar-refractivity contribution in [2.45, 2.75) is 78.9 Å². The van der Waals surface area contributed by atoms with Gasteiger partial charge in [0.2, 0.25) is 0 Å². The Labute approximate surface area is 114 Å². The number of nitrogens with zero attached hydrogens (tertiary/aromatic N) is 1. The van der Waals surface area contributed by atoms with E-state index in [0.717, 1.165) is 25.4 Å². The maximum atomic E-state index is 10.6. The zero-order chi connectivity index (χ0) is 13.8. The predicted octanol–water partition coefficient (Wildman–Crippen LogP) is 3.68. The van der Waals surface area contributed by atoms with E-state index in [1.165, 1.54) is 25.7 Å². The maximum absolute atomic E-state index is 10.6. The van der Waals surface area contributed by atoms with Gasteiger partial charge in [0.25, 0.3) is 0 Å². The summed E-state index contributed by atoms with van der Waals surface area (Å²) < 4.78 is 0. The molecular weight excluding hydrogens is 222 g/mol. The molecule has 0 amide bonds. The van der Waals surface area contributed by atoms with Crippen molar-refractivity contribution in [2.75, 3.05) is 13.1 Å². The molecule has 1 saturated carbocycles. The number of hydrogen-bond donors (Lipinski definition) is 1. The van der Waals surface area contributed by atoms with Crippen LogP contribution in [-0.2, 0) is 0 Å². The molecule has 0 heterocycles. The lowest BCUT2D eigenvalue weighted by molar-refractivity contribution is -0.0596. The lowest BCUT2D eigenvalue weighted by atomic mass is 9.72. The van der Waals surface area contributed by atoms with E-state index in [4.69, 9.17) is 0 Å². The van der Waals surface area contributed by atoms with Crippen LogP contribution in [0.4, 0.5) is 0 Å². The third-order valence-corrected chi connectivity index (χ3v) is 5.01. The van der Waals surface area contributed by atoms with Gasteiger partial charge in [-0.25, -0.2) is 0 Å². The van der Waals surface area contributed by atoms with Crippen LogP contribution in [0.15, 0.2) is 0 Å². The van der Waals surface area contributed by atoms with Gasteiger partial charge in [0.1, 0.15) is 0 Å². The molecule has 2 unspecified atom stereocenters. The molecular formula is C16H33NO. The first kappa shape index (κ1) is 16.0. The van der Waals surface area contributed by atoms with Crippen molar-refractivity contribution >= 4 is 0 Å². The summed E-state index contributed by atoms with van der Waals surface area (Å²) in [5.41, 5.74) is 0.0876. The molecule has 1 fully saturated rings. The Morgan fingerprint density at radius 3 is 2.33 bits per heavy atom. The van der Waals surface area contributed by atoms with Gasteiger partial charge in [-0.05, 0) is 30.7 Å². The van der Waals surface area contributed by atoms with E-state index in [-0.39, 0.29) is 11.5 Å². The molecule has 2 nitrogen and oxygen atoms in total. The van der Waals surface area contributed by atoms with E-state index >= 15 is 0 Å². The molecule has 0 bridgehead atoms. The highest BCUT2D eigenvalue weighted by atomic mass is 16.3. The summed E-state index contributed by atoms with van der Waals surface area (Å²) >= 11 is 0. The van der Waals surface area contributed by atoms with Crippen molar-refractivity contribution in [3.05, 3.63) is 0 Å². The molecule has 2 atom stereocenters. The molecule has 0 aromatic heterocycles. The Bertz CT molecular complexity index is 235. The fourth-order valence-corrected chi connectivity index (χ4v) is 3.35. The minimum atomic E-state index is -0.166. The van der Waals surface area contributed by atoms with Gasteiger partial charge >= 0.3 is 0 Å². The largest absolute Gasteiger partial charge is 0.391 e. The second-order valence-electron chi connectivity index (χ2n) is 6.66. The molecule has 18 heavy (non-hydrogen) atoms. The zero-order valence-corrected chi connectivity index (χ0v) is 13.1. The van der Waals surface area contributed by atoms with Gasteiger partial charge in [0, 0.05) is 12.6 Å². The van der Waals surface area contributed by atoms with E-state index in [1.54, 1.807) is 0 Å². The molecule has 0 spiro atoms. The standard InChI is InChI=1S/C16H33NO/c1-6-13(7-2)12-17(8-3)14-10-9-11-16(4,5)15(14)18/h13-15,18H,6-12H2,1-5H3. The van der Waals surface area contributed by atoms with E-state index in [1.807, 2.05) is 0 Å². The second-order valence-corrected chi connectivity index (χ2v) is 6.66. The lowest BCUT2D eigenvalue weighted by Gasteiger charge is -2.46. The third-order valence-electron chi connectivity index (χ3n) is 5.01. The summed E-state index contributed by atoms with van der Waals surface area (Å²) in [5.74, 6) is 0.780. The normalized spacial score (nSPS) is 28.0. The highest BCUT2D eigenvalue weighted by Crippen LogP contribution is 2.38. The Balaban J connectivity index is 2.69. The van der Waals surface area contributed by atoms with Crippen LogP contribution in [0.5, 0.6) is 0 Å². The van der Waals surface area contributed by atoms with Crippen molar-refractivity contribution in [3.8, 4) is 0 Å². The SMILES string of the molecule is CCC(CC)CN(CC)C1CCCC(C)(C)C1O. The van der Waals surface area contributed by atoms with Gasteiger partial charge in [-0.1, -0.05) is 53.9 Å². The van der Waals surface area contributed by atoms with Crippen molar-refractivity contribution in [1.82, 2.24) is 4.90 Å². The summed E-state index contributed by atoms with van der Waals surface area (Å²) in [6, 6.07) is 0.374. The van der Waals surface area contributed by atoms with Gasteiger partial charge in [0.05, 0.1) is 6.10 Å². The minimum absolute atomic E-state index is 0.0876. The van der Waals surface area contributed by atoms with Gasteiger partial charge in [-0.3, -0.25) is 4.90 Å². The van der Waals surface area contributed by atoms with Crippen LogP contribution in [0, 0.1) is 11.3 Å². The minimum Gasteiger partial charge on any atom is -0.391 e. The molecule has 2 heteroatoms. The molecule has 0 aliphatic heterocycles. The van der Waals surface area contributed by atoms with Gasteiger partial charge in [-0.15, -0.1) is 0 Å². The number of hydrogen-bond acceptors (Lipinski definition) is 2. The molecule has 1 aliphatic carbocycles. The predicted molar refractivity (Wildman–Crippen MR) is 78.7 cm³/mol. The third kappa shape index (κ3) is 3.71. The van der Waals surface area contributed by atoms with Crippen LogP contribution in [-0.4, -0.2) is 35.2 Å². The Kier molecular flexibility index (Phi) is 6.13. The van der Waals surface area contributed by atoms with E-state index in [2.05, 4.69) is 39.5 Å². The number of aliphatic hydroxyl groups excluding tert-OH is 1. The number of likely N-dealkylation sites (N-methyl/N-ethyl adjacent to an activating group) is 1. The number of rotatable bonds is 6. The van der Waals surface area contributed by atoms with Crippen LogP contribution < -0.4 is 0 Å². The summed E-state index contributed by atoms with van der Waals surface area (Å²) in [7, 11) is 0. The second kappa shape index (κ2) is 6.91.